The van der Waals surface area contributed by atoms with Gasteiger partial charge in [-0.15, -0.1) is 0 Å². The molecule has 0 N–H and O–H groups in total. The molecule has 1 fully saturated rings. The van der Waals surface area contributed by atoms with Gasteiger partial charge in [0.2, 0.25) is 0 Å². The molecule has 0 saturated carbocycles. The number of amides is 1. The van der Waals surface area contributed by atoms with Crippen LogP contribution in [0.4, 0.5) is 0 Å². The third kappa shape index (κ3) is 3.44. The zero-order chi connectivity index (χ0) is 14.7. The molecular weight excluding hydrogens is 318 g/mol. The first-order chi connectivity index (χ1) is 9.52. The second kappa shape index (κ2) is 6.76. The highest BCUT2D eigenvalue weighted by Crippen LogP contribution is 2.20. The predicted molar refractivity (Wildman–Crippen MR) is 85.0 cm³/mol. The summed E-state index contributed by atoms with van der Waals surface area (Å²) in [5.74, 6) is 0.168. The van der Waals surface area contributed by atoms with Crippen LogP contribution in [-0.2, 0) is 6.54 Å². The Kier molecular flexibility index (Phi) is 5.27. The number of hydrogen-bond acceptors (Lipinski definition) is 2. The van der Waals surface area contributed by atoms with Crippen LogP contribution in [0.1, 0.15) is 36.7 Å². The highest BCUT2D eigenvalue weighted by atomic mass is 79.9. The molecule has 0 spiro atoms. The Bertz CT molecular complexity index is 462. The highest BCUT2D eigenvalue weighted by Gasteiger charge is 2.26. The molecule has 20 heavy (non-hydrogen) atoms. The molecule has 1 aliphatic heterocycles. The van der Waals surface area contributed by atoms with Crippen molar-refractivity contribution in [1.82, 2.24) is 14.4 Å². The van der Waals surface area contributed by atoms with E-state index in [1.54, 1.807) is 0 Å². The molecule has 1 aliphatic rings. The van der Waals surface area contributed by atoms with E-state index >= 15 is 0 Å². The van der Waals surface area contributed by atoms with Crippen LogP contribution in [0.5, 0.6) is 0 Å². The van der Waals surface area contributed by atoms with E-state index in [0.29, 0.717) is 6.04 Å². The summed E-state index contributed by atoms with van der Waals surface area (Å²) in [6.45, 7) is 4.73. The van der Waals surface area contributed by atoms with Gasteiger partial charge in [-0.3, -0.25) is 4.79 Å². The van der Waals surface area contributed by atoms with Crippen LogP contribution in [0.15, 0.2) is 16.7 Å². The molecule has 1 aromatic rings. The minimum atomic E-state index is 0.168. The Morgan fingerprint density at radius 1 is 1.40 bits per heavy atom. The Balaban J connectivity index is 2.05. The maximum atomic E-state index is 12.7. The maximum absolute atomic E-state index is 12.7. The van der Waals surface area contributed by atoms with Gasteiger partial charge in [-0.25, -0.2) is 0 Å². The monoisotopic (exact) mass is 341 g/mol. The number of carbonyl (C=O) groups is 1. The van der Waals surface area contributed by atoms with E-state index in [2.05, 4.69) is 46.4 Å². The van der Waals surface area contributed by atoms with Crippen LogP contribution in [0, 0.1) is 0 Å². The summed E-state index contributed by atoms with van der Waals surface area (Å²) < 4.78 is 3.04. The lowest BCUT2D eigenvalue weighted by Gasteiger charge is -2.35. The largest absolute Gasteiger partial charge is 0.342 e. The smallest absolute Gasteiger partial charge is 0.270 e. The van der Waals surface area contributed by atoms with Crippen molar-refractivity contribution in [3.63, 3.8) is 0 Å². The average molecular weight is 342 g/mol. The second-order valence-electron chi connectivity index (χ2n) is 5.72. The predicted octanol–water partition coefficient (Wildman–Crippen LogP) is 2.83. The fourth-order valence-corrected chi connectivity index (χ4v) is 3.29. The highest BCUT2D eigenvalue weighted by molar-refractivity contribution is 9.10. The van der Waals surface area contributed by atoms with Crippen molar-refractivity contribution < 1.29 is 4.79 Å². The summed E-state index contributed by atoms with van der Waals surface area (Å²) in [7, 11) is 4.23. The molecule has 0 radical (unpaired) electrons. The third-order valence-electron chi connectivity index (χ3n) is 4.03. The Morgan fingerprint density at radius 2 is 2.05 bits per heavy atom. The maximum Gasteiger partial charge on any atom is 0.270 e. The quantitative estimate of drug-likeness (QED) is 0.842. The van der Waals surface area contributed by atoms with Crippen LogP contribution < -0.4 is 0 Å². The Morgan fingerprint density at radius 3 is 2.60 bits per heavy atom. The first-order valence-corrected chi connectivity index (χ1v) is 8.13. The number of nitrogens with zero attached hydrogens (tertiary/aromatic N) is 3. The number of aromatic nitrogens is 1. The summed E-state index contributed by atoms with van der Waals surface area (Å²) in [6.07, 6.45) is 5.16. The SMILES string of the molecule is CCCn1cc(Br)cc1C(=O)N1CCC(N(C)C)CC1. The van der Waals surface area contributed by atoms with Crippen molar-refractivity contribution in [2.45, 2.75) is 38.8 Å². The van der Waals surface area contributed by atoms with Crippen molar-refractivity contribution in [3.8, 4) is 0 Å². The summed E-state index contributed by atoms with van der Waals surface area (Å²) in [6, 6.07) is 2.55. The van der Waals surface area contributed by atoms with E-state index in [1.807, 2.05) is 17.2 Å². The van der Waals surface area contributed by atoms with Gasteiger partial charge in [0.25, 0.3) is 5.91 Å². The number of likely N-dealkylation sites (tertiary alicyclic amines) is 1. The fraction of sp³-hybridized carbons (Fsp3) is 0.667. The van der Waals surface area contributed by atoms with Gasteiger partial charge in [-0.1, -0.05) is 6.92 Å². The topological polar surface area (TPSA) is 28.5 Å². The van der Waals surface area contributed by atoms with Crippen molar-refractivity contribution in [2.75, 3.05) is 27.2 Å². The molecule has 2 rings (SSSR count). The summed E-state index contributed by atoms with van der Waals surface area (Å²) in [4.78, 5) is 16.9. The number of piperidine rings is 1. The van der Waals surface area contributed by atoms with Gasteiger partial charge in [0.15, 0.2) is 0 Å². The number of carbonyl (C=O) groups excluding carboxylic acids is 1. The second-order valence-corrected chi connectivity index (χ2v) is 6.64. The lowest BCUT2D eigenvalue weighted by molar-refractivity contribution is 0.0652. The van der Waals surface area contributed by atoms with E-state index in [4.69, 9.17) is 0 Å². The van der Waals surface area contributed by atoms with Crippen LogP contribution in [0.2, 0.25) is 0 Å². The lowest BCUT2D eigenvalue weighted by Crippen LogP contribution is -2.44. The van der Waals surface area contributed by atoms with Gasteiger partial charge in [0.05, 0.1) is 0 Å². The number of rotatable bonds is 4. The number of halogens is 1. The molecule has 1 aromatic heterocycles. The van der Waals surface area contributed by atoms with Gasteiger partial charge in [-0.2, -0.15) is 0 Å². The van der Waals surface area contributed by atoms with Gasteiger partial charge >= 0.3 is 0 Å². The van der Waals surface area contributed by atoms with Gasteiger partial charge < -0.3 is 14.4 Å². The van der Waals surface area contributed by atoms with Crippen molar-refractivity contribution >= 4 is 21.8 Å². The Hall–Kier alpha value is -0.810. The molecule has 5 heteroatoms. The molecule has 0 unspecified atom stereocenters. The van der Waals surface area contributed by atoms with Crippen molar-refractivity contribution in [2.24, 2.45) is 0 Å². The van der Waals surface area contributed by atoms with Crippen LogP contribution >= 0.6 is 15.9 Å². The first-order valence-electron chi connectivity index (χ1n) is 7.34. The Labute approximate surface area is 129 Å². The van der Waals surface area contributed by atoms with Gasteiger partial charge in [-0.05, 0) is 55.4 Å². The number of aryl methyl sites for hydroxylation is 1. The van der Waals surface area contributed by atoms with Crippen LogP contribution in [0.25, 0.3) is 0 Å². The molecule has 112 valence electrons. The molecule has 1 amide bonds. The standard InChI is InChI=1S/C15H24BrN3O/c1-4-7-19-11-12(16)10-14(19)15(20)18-8-5-13(6-9-18)17(2)3/h10-11,13H,4-9H2,1-3H3. The average Bonchev–Trinajstić information content (AvgIpc) is 2.79. The van der Waals surface area contributed by atoms with E-state index in [0.717, 1.165) is 49.1 Å². The number of hydrogen-bond donors (Lipinski definition) is 0. The minimum Gasteiger partial charge on any atom is -0.342 e. The zero-order valence-corrected chi connectivity index (χ0v) is 14.2. The molecule has 0 bridgehead atoms. The summed E-state index contributed by atoms with van der Waals surface area (Å²) in [5.41, 5.74) is 0.807. The van der Waals surface area contributed by atoms with E-state index in [9.17, 15) is 4.79 Å². The normalized spacial score (nSPS) is 16.9. The summed E-state index contributed by atoms with van der Waals surface area (Å²) in [5, 5.41) is 0. The molecule has 0 aliphatic carbocycles. The van der Waals surface area contributed by atoms with E-state index < -0.39 is 0 Å². The van der Waals surface area contributed by atoms with Crippen molar-refractivity contribution in [3.05, 3.63) is 22.4 Å². The molecule has 4 nitrogen and oxygen atoms in total. The van der Waals surface area contributed by atoms with E-state index in [1.165, 1.54) is 0 Å². The van der Waals surface area contributed by atoms with Crippen molar-refractivity contribution in [1.29, 1.82) is 0 Å². The fourth-order valence-electron chi connectivity index (χ4n) is 2.83. The van der Waals surface area contributed by atoms with Crippen LogP contribution in [0.3, 0.4) is 0 Å². The van der Waals surface area contributed by atoms with Crippen LogP contribution in [-0.4, -0.2) is 53.5 Å². The summed E-state index contributed by atoms with van der Waals surface area (Å²) >= 11 is 3.48. The molecule has 2 heterocycles. The lowest BCUT2D eigenvalue weighted by atomic mass is 10.0. The molecule has 1 saturated heterocycles. The van der Waals surface area contributed by atoms with Gasteiger partial charge in [0, 0.05) is 36.3 Å². The zero-order valence-electron chi connectivity index (χ0n) is 12.6. The molecule has 0 atom stereocenters. The van der Waals surface area contributed by atoms with Gasteiger partial charge in [0.1, 0.15) is 5.69 Å². The van der Waals surface area contributed by atoms with E-state index in [-0.39, 0.29) is 5.91 Å². The first kappa shape index (κ1) is 15.6. The minimum absolute atomic E-state index is 0.168. The third-order valence-corrected chi connectivity index (χ3v) is 4.46. The molecule has 0 aromatic carbocycles. The molecular formula is C15H24BrN3O.